The minimum atomic E-state index is -1.51. The zero-order valence-corrected chi connectivity index (χ0v) is 14.0. The lowest BCUT2D eigenvalue weighted by molar-refractivity contribution is -0.124. The molecule has 1 atom stereocenters. The molecule has 4 rings (SSSR count). The van der Waals surface area contributed by atoms with Gasteiger partial charge in [-0.1, -0.05) is 12.1 Å². The standard InChI is InChI=1S/C19H13FN4O3/c20-14-4-2-13(3-5-14)19(17(26)22-18(27)23-19)10-24-9-12-7-11(8-21)1-6-15(12)16(24)25/h1-7H,9-10H2,(H2,22,23,26,27). The molecule has 0 bridgehead atoms. The van der Waals surface area contributed by atoms with E-state index in [1.54, 1.807) is 18.2 Å². The fourth-order valence-electron chi connectivity index (χ4n) is 3.50. The molecule has 2 heterocycles. The monoisotopic (exact) mass is 364 g/mol. The lowest BCUT2D eigenvalue weighted by atomic mass is 9.89. The molecule has 0 spiro atoms. The number of carbonyl (C=O) groups is 3. The predicted molar refractivity (Wildman–Crippen MR) is 90.6 cm³/mol. The van der Waals surface area contributed by atoms with Gasteiger partial charge in [0.25, 0.3) is 11.8 Å². The lowest BCUT2D eigenvalue weighted by Crippen LogP contribution is -2.52. The minimum Gasteiger partial charge on any atom is -0.331 e. The normalized spacial score (nSPS) is 20.9. The number of nitrogens with one attached hydrogen (secondary N) is 2. The van der Waals surface area contributed by atoms with E-state index in [-0.39, 0.29) is 19.0 Å². The summed E-state index contributed by atoms with van der Waals surface area (Å²) in [5, 5.41) is 13.8. The molecule has 2 aromatic rings. The summed E-state index contributed by atoms with van der Waals surface area (Å²) < 4.78 is 13.3. The quantitative estimate of drug-likeness (QED) is 0.804. The molecular formula is C19H13FN4O3. The molecule has 8 heteroatoms. The van der Waals surface area contributed by atoms with Crippen LogP contribution >= 0.6 is 0 Å². The van der Waals surface area contributed by atoms with Gasteiger partial charge in [0.2, 0.25) is 0 Å². The Balaban J connectivity index is 1.71. The fraction of sp³-hybridized carbons (Fsp3) is 0.158. The van der Waals surface area contributed by atoms with Crippen LogP contribution in [0.5, 0.6) is 0 Å². The molecule has 1 saturated heterocycles. The average molecular weight is 364 g/mol. The maximum Gasteiger partial charge on any atom is 0.322 e. The van der Waals surface area contributed by atoms with Crippen LogP contribution in [0, 0.1) is 17.1 Å². The molecule has 0 aliphatic carbocycles. The first-order valence-corrected chi connectivity index (χ1v) is 8.15. The van der Waals surface area contributed by atoms with E-state index in [4.69, 9.17) is 5.26 Å². The molecule has 2 aromatic carbocycles. The molecular weight excluding hydrogens is 351 g/mol. The molecule has 2 aliphatic rings. The van der Waals surface area contributed by atoms with Crippen LogP contribution in [0.4, 0.5) is 9.18 Å². The number of halogens is 1. The highest BCUT2D eigenvalue weighted by molar-refractivity contribution is 6.08. The van der Waals surface area contributed by atoms with Crippen LogP contribution in [0.1, 0.15) is 27.0 Å². The number of amides is 4. The van der Waals surface area contributed by atoms with Crippen molar-refractivity contribution in [2.24, 2.45) is 0 Å². The van der Waals surface area contributed by atoms with Crippen LogP contribution in [0.15, 0.2) is 42.5 Å². The average Bonchev–Trinajstić information content (AvgIpc) is 3.11. The molecule has 1 unspecified atom stereocenters. The second-order valence-electron chi connectivity index (χ2n) is 6.47. The van der Waals surface area contributed by atoms with Crippen LogP contribution < -0.4 is 10.6 Å². The van der Waals surface area contributed by atoms with Crippen molar-refractivity contribution < 1.29 is 18.8 Å². The van der Waals surface area contributed by atoms with Gasteiger partial charge < -0.3 is 10.2 Å². The summed E-state index contributed by atoms with van der Waals surface area (Å²) in [6.45, 7) is 0.0847. The van der Waals surface area contributed by atoms with Crippen molar-refractivity contribution in [3.8, 4) is 6.07 Å². The summed E-state index contributed by atoms with van der Waals surface area (Å²) >= 11 is 0. The molecule has 0 saturated carbocycles. The largest absolute Gasteiger partial charge is 0.331 e. The third kappa shape index (κ3) is 2.60. The Morgan fingerprint density at radius 1 is 1.15 bits per heavy atom. The molecule has 2 N–H and O–H groups in total. The molecule has 134 valence electrons. The maximum atomic E-state index is 13.3. The van der Waals surface area contributed by atoms with Crippen molar-refractivity contribution in [1.29, 1.82) is 5.26 Å². The van der Waals surface area contributed by atoms with Crippen LogP contribution in [0.2, 0.25) is 0 Å². The van der Waals surface area contributed by atoms with E-state index >= 15 is 0 Å². The second-order valence-corrected chi connectivity index (χ2v) is 6.47. The van der Waals surface area contributed by atoms with E-state index in [9.17, 15) is 18.8 Å². The van der Waals surface area contributed by atoms with Gasteiger partial charge in [0.1, 0.15) is 5.82 Å². The summed E-state index contributed by atoms with van der Waals surface area (Å²) in [6.07, 6.45) is 0. The van der Waals surface area contributed by atoms with Crippen molar-refractivity contribution >= 4 is 17.8 Å². The highest BCUT2D eigenvalue weighted by Crippen LogP contribution is 2.31. The van der Waals surface area contributed by atoms with Crippen LogP contribution in [-0.2, 0) is 16.9 Å². The van der Waals surface area contributed by atoms with Crippen molar-refractivity contribution in [2.75, 3.05) is 6.54 Å². The third-order valence-corrected chi connectivity index (χ3v) is 4.82. The summed E-state index contributed by atoms with van der Waals surface area (Å²) in [5.74, 6) is -1.39. The molecule has 27 heavy (non-hydrogen) atoms. The topological polar surface area (TPSA) is 102 Å². The molecule has 4 amide bonds. The molecule has 2 aliphatic heterocycles. The Bertz CT molecular complexity index is 1030. The Morgan fingerprint density at radius 3 is 2.52 bits per heavy atom. The number of imide groups is 1. The Morgan fingerprint density at radius 2 is 1.89 bits per heavy atom. The van der Waals surface area contributed by atoms with Gasteiger partial charge in [-0.2, -0.15) is 5.26 Å². The second kappa shape index (κ2) is 5.92. The van der Waals surface area contributed by atoms with Crippen molar-refractivity contribution in [3.63, 3.8) is 0 Å². The minimum absolute atomic E-state index is 0.119. The lowest BCUT2D eigenvalue weighted by Gasteiger charge is -2.31. The molecule has 1 fully saturated rings. The van der Waals surface area contributed by atoms with Gasteiger partial charge in [-0.05, 0) is 41.5 Å². The zero-order valence-electron chi connectivity index (χ0n) is 14.0. The van der Waals surface area contributed by atoms with E-state index in [0.29, 0.717) is 22.3 Å². The van der Waals surface area contributed by atoms with Gasteiger partial charge in [-0.15, -0.1) is 0 Å². The van der Waals surface area contributed by atoms with Gasteiger partial charge >= 0.3 is 6.03 Å². The van der Waals surface area contributed by atoms with Crippen LogP contribution in [0.25, 0.3) is 0 Å². The number of hydrogen-bond acceptors (Lipinski definition) is 4. The van der Waals surface area contributed by atoms with E-state index in [2.05, 4.69) is 10.6 Å². The Kier molecular flexibility index (Phi) is 3.66. The number of hydrogen-bond donors (Lipinski definition) is 2. The van der Waals surface area contributed by atoms with Gasteiger partial charge in [-0.3, -0.25) is 14.9 Å². The van der Waals surface area contributed by atoms with E-state index < -0.39 is 23.3 Å². The summed E-state index contributed by atoms with van der Waals surface area (Å²) in [7, 11) is 0. The molecule has 0 radical (unpaired) electrons. The smallest absolute Gasteiger partial charge is 0.322 e. The van der Waals surface area contributed by atoms with E-state index in [0.717, 1.165) is 0 Å². The van der Waals surface area contributed by atoms with Gasteiger partial charge in [-0.25, -0.2) is 9.18 Å². The van der Waals surface area contributed by atoms with Gasteiger partial charge in [0, 0.05) is 12.1 Å². The summed E-state index contributed by atoms with van der Waals surface area (Å²) in [4.78, 5) is 38.6. The Hall–Kier alpha value is -3.73. The van der Waals surface area contributed by atoms with Crippen LogP contribution in [0.3, 0.4) is 0 Å². The fourth-order valence-corrected chi connectivity index (χ4v) is 3.50. The Labute approximate surface area is 153 Å². The maximum absolute atomic E-state index is 13.3. The molecule has 0 aromatic heterocycles. The zero-order chi connectivity index (χ0) is 19.2. The van der Waals surface area contributed by atoms with Crippen molar-refractivity contribution in [3.05, 3.63) is 70.5 Å². The number of urea groups is 1. The number of rotatable bonds is 3. The van der Waals surface area contributed by atoms with E-state index in [1.165, 1.54) is 29.2 Å². The highest BCUT2D eigenvalue weighted by Gasteiger charge is 2.50. The first kappa shape index (κ1) is 16.7. The summed E-state index contributed by atoms with van der Waals surface area (Å²) in [5.41, 5.74) is 0.420. The van der Waals surface area contributed by atoms with E-state index in [1.807, 2.05) is 6.07 Å². The first-order chi connectivity index (χ1) is 12.9. The van der Waals surface area contributed by atoms with Gasteiger partial charge in [0.05, 0.1) is 18.2 Å². The summed E-state index contributed by atoms with van der Waals surface area (Å²) in [6, 6.07) is 11.3. The number of fused-ring (bicyclic) bond motifs is 1. The van der Waals surface area contributed by atoms with Crippen LogP contribution in [-0.4, -0.2) is 29.3 Å². The predicted octanol–water partition coefficient (Wildman–Crippen LogP) is 1.39. The van der Waals surface area contributed by atoms with Gasteiger partial charge in [0.15, 0.2) is 5.54 Å². The molecule has 7 nitrogen and oxygen atoms in total. The number of carbonyl (C=O) groups excluding carboxylic acids is 3. The number of nitrogens with zero attached hydrogens (tertiary/aromatic N) is 2. The van der Waals surface area contributed by atoms with Crippen molar-refractivity contribution in [1.82, 2.24) is 15.5 Å². The number of nitriles is 1. The van der Waals surface area contributed by atoms with Crippen molar-refractivity contribution in [2.45, 2.75) is 12.1 Å². The number of benzene rings is 2. The first-order valence-electron chi connectivity index (χ1n) is 8.15. The SMILES string of the molecule is N#Cc1ccc2c(c1)CN(CC1(c3ccc(F)cc3)NC(=O)NC1=O)C2=O. The highest BCUT2D eigenvalue weighted by atomic mass is 19.1. The third-order valence-electron chi connectivity index (χ3n) is 4.82.